The number of guanidine groups is 1. The van der Waals surface area contributed by atoms with E-state index >= 15 is 0 Å². The van der Waals surface area contributed by atoms with Crippen LogP contribution in [0.25, 0.3) is 0 Å². The summed E-state index contributed by atoms with van der Waals surface area (Å²) in [6.45, 7) is 7.02. The molecule has 1 saturated heterocycles. The number of rotatable bonds is 6. The lowest BCUT2D eigenvalue weighted by Crippen LogP contribution is -2.44. The smallest absolute Gasteiger partial charge is 0.191 e. The maximum absolute atomic E-state index is 6.24. The Balaban J connectivity index is 0.00000261. The molecule has 0 aromatic heterocycles. The predicted molar refractivity (Wildman–Crippen MR) is 123 cm³/mol. The summed E-state index contributed by atoms with van der Waals surface area (Å²) in [5.74, 6) is 0.890. The highest BCUT2D eigenvalue weighted by atomic mass is 127. The number of nitrogens with one attached hydrogen (secondary N) is 2. The first-order valence-electron chi connectivity index (χ1n) is 9.53. The lowest BCUT2D eigenvalue weighted by molar-refractivity contribution is 0.0179. The van der Waals surface area contributed by atoms with Gasteiger partial charge in [0, 0.05) is 30.7 Å². The van der Waals surface area contributed by atoms with Crippen LogP contribution in [0.15, 0.2) is 41.4 Å². The maximum atomic E-state index is 6.24. The number of ether oxygens (including phenoxy) is 1. The van der Waals surface area contributed by atoms with Crippen LogP contribution in [0, 0.1) is 0 Å². The SMILES string of the molecule is CCNC(=NCC(c1cccc(Cl)c1)N1CCOCC1)NC1CC=CC1.I. The van der Waals surface area contributed by atoms with Gasteiger partial charge in [-0.25, -0.2) is 0 Å². The second kappa shape index (κ2) is 11.9. The van der Waals surface area contributed by atoms with Gasteiger partial charge in [0.25, 0.3) is 0 Å². The average Bonchev–Trinajstić information content (AvgIpc) is 3.16. The predicted octanol–water partition coefficient (Wildman–Crippen LogP) is 3.61. The fourth-order valence-electron chi connectivity index (χ4n) is 3.46. The van der Waals surface area contributed by atoms with Gasteiger partial charge in [-0.15, -0.1) is 24.0 Å². The minimum atomic E-state index is 0. The third-order valence-corrected chi connectivity index (χ3v) is 5.07. The van der Waals surface area contributed by atoms with Gasteiger partial charge >= 0.3 is 0 Å². The van der Waals surface area contributed by atoms with E-state index in [1.165, 1.54) is 5.56 Å². The standard InChI is InChI=1S/C20H29ClN4O.HI/c1-2-22-20(24-18-8-3-4-9-18)23-15-19(25-10-12-26-13-11-25)16-6-5-7-17(21)14-16;/h3-7,14,18-19H,2,8-13,15H2,1H3,(H2,22,23,24);1H. The molecule has 1 atom stereocenters. The van der Waals surface area contributed by atoms with Crippen molar-refractivity contribution in [3.63, 3.8) is 0 Å². The van der Waals surface area contributed by atoms with E-state index < -0.39 is 0 Å². The van der Waals surface area contributed by atoms with Crippen molar-refractivity contribution in [3.05, 3.63) is 47.0 Å². The second-order valence-corrected chi connectivity index (χ2v) is 7.16. The van der Waals surface area contributed by atoms with Crippen molar-refractivity contribution in [2.75, 3.05) is 39.4 Å². The van der Waals surface area contributed by atoms with Gasteiger partial charge in [0.2, 0.25) is 0 Å². The average molecular weight is 505 g/mol. The molecule has 1 aromatic rings. The van der Waals surface area contributed by atoms with E-state index in [1.807, 2.05) is 12.1 Å². The first-order chi connectivity index (χ1) is 12.8. The van der Waals surface area contributed by atoms with Gasteiger partial charge in [-0.1, -0.05) is 35.9 Å². The molecule has 0 radical (unpaired) electrons. The summed E-state index contributed by atoms with van der Waals surface area (Å²) in [6.07, 6.45) is 6.57. The summed E-state index contributed by atoms with van der Waals surface area (Å²) in [6, 6.07) is 8.78. The summed E-state index contributed by atoms with van der Waals surface area (Å²) >= 11 is 6.24. The van der Waals surface area contributed by atoms with Gasteiger partial charge < -0.3 is 15.4 Å². The molecule has 1 fully saturated rings. The highest BCUT2D eigenvalue weighted by Gasteiger charge is 2.23. The first-order valence-corrected chi connectivity index (χ1v) is 9.91. The monoisotopic (exact) mass is 504 g/mol. The molecule has 0 bridgehead atoms. The lowest BCUT2D eigenvalue weighted by atomic mass is 10.0. The molecule has 1 aliphatic heterocycles. The Morgan fingerprint density at radius 3 is 2.70 bits per heavy atom. The zero-order valence-electron chi connectivity index (χ0n) is 15.9. The van der Waals surface area contributed by atoms with E-state index in [0.29, 0.717) is 12.6 Å². The molecule has 1 unspecified atom stereocenters. The van der Waals surface area contributed by atoms with Crippen LogP contribution in [0.3, 0.4) is 0 Å². The van der Waals surface area contributed by atoms with Crippen molar-refractivity contribution in [1.82, 2.24) is 15.5 Å². The van der Waals surface area contributed by atoms with E-state index in [0.717, 1.165) is 56.7 Å². The zero-order chi connectivity index (χ0) is 18.2. The van der Waals surface area contributed by atoms with Crippen molar-refractivity contribution in [2.45, 2.75) is 31.8 Å². The molecule has 1 aliphatic carbocycles. The third-order valence-electron chi connectivity index (χ3n) is 4.84. The van der Waals surface area contributed by atoms with Crippen molar-refractivity contribution in [3.8, 4) is 0 Å². The highest BCUT2D eigenvalue weighted by molar-refractivity contribution is 14.0. The number of aliphatic imine (C=N–C) groups is 1. The number of nitrogens with zero attached hydrogens (tertiary/aromatic N) is 2. The molecule has 7 heteroatoms. The molecule has 5 nitrogen and oxygen atoms in total. The minimum Gasteiger partial charge on any atom is -0.379 e. The van der Waals surface area contributed by atoms with Crippen LogP contribution < -0.4 is 10.6 Å². The first kappa shape index (κ1) is 22.5. The molecule has 27 heavy (non-hydrogen) atoms. The quantitative estimate of drug-likeness (QED) is 0.269. The van der Waals surface area contributed by atoms with E-state index in [1.54, 1.807) is 0 Å². The minimum absolute atomic E-state index is 0. The summed E-state index contributed by atoms with van der Waals surface area (Å²) in [7, 11) is 0. The zero-order valence-corrected chi connectivity index (χ0v) is 19.0. The van der Waals surface area contributed by atoms with Crippen LogP contribution in [-0.4, -0.2) is 56.3 Å². The summed E-state index contributed by atoms with van der Waals surface area (Å²) in [5.41, 5.74) is 1.21. The molecule has 1 heterocycles. The van der Waals surface area contributed by atoms with Crippen molar-refractivity contribution in [2.24, 2.45) is 4.99 Å². The van der Waals surface area contributed by atoms with Gasteiger partial charge in [0.05, 0.1) is 25.8 Å². The molecule has 3 rings (SSSR count). The number of halogens is 2. The molecular weight excluding hydrogens is 475 g/mol. The molecule has 150 valence electrons. The number of benzene rings is 1. The largest absolute Gasteiger partial charge is 0.379 e. The van der Waals surface area contributed by atoms with Gasteiger partial charge in [0.1, 0.15) is 0 Å². The van der Waals surface area contributed by atoms with Gasteiger partial charge in [-0.05, 0) is 37.5 Å². The number of morpholine rings is 1. The van der Waals surface area contributed by atoms with E-state index in [9.17, 15) is 0 Å². The Hall–Kier alpha value is -0.830. The van der Waals surface area contributed by atoms with Gasteiger partial charge in [0.15, 0.2) is 5.96 Å². The molecule has 0 amide bonds. The maximum Gasteiger partial charge on any atom is 0.191 e. The van der Waals surface area contributed by atoms with Crippen LogP contribution in [0.1, 0.15) is 31.4 Å². The Labute approximate surface area is 184 Å². The van der Waals surface area contributed by atoms with Crippen molar-refractivity contribution < 1.29 is 4.74 Å². The van der Waals surface area contributed by atoms with Gasteiger partial charge in [-0.2, -0.15) is 0 Å². The molecule has 1 aromatic carbocycles. The fourth-order valence-corrected chi connectivity index (χ4v) is 3.66. The van der Waals surface area contributed by atoms with Crippen LogP contribution in [0.2, 0.25) is 5.02 Å². The normalized spacial score (nSPS) is 19.6. The Kier molecular flexibility index (Phi) is 9.89. The van der Waals surface area contributed by atoms with Gasteiger partial charge in [-0.3, -0.25) is 9.89 Å². The topological polar surface area (TPSA) is 48.9 Å². The van der Waals surface area contributed by atoms with E-state index in [-0.39, 0.29) is 30.0 Å². The Morgan fingerprint density at radius 1 is 1.30 bits per heavy atom. The Bertz CT molecular complexity index is 626. The molecule has 2 N–H and O–H groups in total. The molecule has 0 saturated carbocycles. The van der Waals surface area contributed by atoms with E-state index in [4.69, 9.17) is 21.3 Å². The Morgan fingerprint density at radius 2 is 2.04 bits per heavy atom. The molecule has 2 aliphatic rings. The summed E-state index contributed by atoms with van der Waals surface area (Å²) in [5, 5.41) is 7.69. The lowest BCUT2D eigenvalue weighted by Gasteiger charge is -2.34. The van der Waals surface area contributed by atoms with Crippen molar-refractivity contribution >= 4 is 41.5 Å². The highest BCUT2D eigenvalue weighted by Crippen LogP contribution is 2.25. The second-order valence-electron chi connectivity index (χ2n) is 6.72. The summed E-state index contributed by atoms with van der Waals surface area (Å²) in [4.78, 5) is 7.34. The molecule has 0 spiro atoms. The number of hydrogen-bond donors (Lipinski definition) is 2. The van der Waals surface area contributed by atoms with Crippen LogP contribution in [-0.2, 0) is 4.74 Å². The van der Waals surface area contributed by atoms with Crippen LogP contribution in [0.4, 0.5) is 0 Å². The summed E-state index contributed by atoms with van der Waals surface area (Å²) < 4.78 is 5.53. The van der Waals surface area contributed by atoms with Crippen LogP contribution >= 0.6 is 35.6 Å². The third kappa shape index (κ3) is 6.93. The number of hydrogen-bond acceptors (Lipinski definition) is 3. The fraction of sp³-hybridized carbons (Fsp3) is 0.550. The van der Waals surface area contributed by atoms with E-state index in [2.05, 4.69) is 46.7 Å². The van der Waals surface area contributed by atoms with Crippen LogP contribution in [0.5, 0.6) is 0 Å². The molecular formula is C20H30ClIN4O. The van der Waals surface area contributed by atoms with Crippen molar-refractivity contribution in [1.29, 1.82) is 0 Å².